The molecule has 1 N–H and O–H groups in total. The number of benzene rings is 1. The van der Waals surface area contributed by atoms with E-state index in [0.29, 0.717) is 17.2 Å². The molecule has 0 saturated heterocycles. The molecule has 0 saturated carbocycles. The lowest BCUT2D eigenvalue weighted by Gasteiger charge is -2.32. The number of fused-ring (bicyclic) bond motifs is 1. The van der Waals surface area contributed by atoms with Gasteiger partial charge in [-0.3, -0.25) is 14.5 Å². The van der Waals surface area contributed by atoms with Crippen molar-refractivity contribution in [2.75, 3.05) is 23.7 Å². The standard InChI is InChI=1S/C19H17ClF3N3O3S/c1-11-18(28)26(14-4-2-3-5-15(14)29-11)10-16(27)24-6-7-30-17-13(20)8-12(9-25-17)19(21,22)23/h2-5,8-9,11H,6-7,10H2,1H3,(H,24,27)/t11-/m0/s1. The number of nitrogens with zero attached hydrogens (tertiary/aromatic N) is 2. The third-order valence-electron chi connectivity index (χ3n) is 4.17. The predicted octanol–water partition coefficient (Wildman–Crippen LogP) is 3.78. The van der Waals surface area contributed by atoms with Crippen LogP contribution in [-0.4, -0.2) is 41.7 Å². The molecule has 2 heterocycles. The van der Waals surface area contributed by atoms with Gasteiger partial charge in [0, 0.05) is 18.5 Å². The van der Waals surface area contributed by atoms with Gasteiger partial charge in [0.1, 0.15) is 17.3 Å². The molecule has 0 spiro atoms. The van der Waals surface area contributed by atoms with Gasteiger partial charge >= 0.3 is 6.18 Å². The Hall–Kier alpha value is -2.46. The predicted molar refractivity (Wildman–Crippen MR) is 107 cm³/mol. The van der Waals surface area contributed by atoms with Crippen molar-refractivity contribution in [3.05, 3.63) is 47.1 Å². The number of ether oxygens (including phenoxy) is 1. The Morgan fingerprint density at radius 1 is 1.37 bits per heavy atom. The van der Waals surface area contributed by atoms with E-state index in [9.17, 15) is 22.8 Å². The number of hydrogen-bond donors (Lipinski definition) is 1. The summed E-state index contributed by atoms with van der Waals surface area (Å²) in [5.74, 6) is 0.169. The fourth-order valence-corrected chi connectivity index (χ4v) is 3.80. The van der Waals surface area contributed by atoms with Crippen LogP contribution in [0.5, 0.6) is 5.75 Å². The summed E-state index contributed by atoms with van der Waals surface area (Å²) in [5, 5.41) is 2.81. The van der Waals surface area contributed by atoms with Gasteiger partial charge in [0.15, 0.2) is 6.10 Å². The van der Waals surface area contributed by atoms with Gasteiger partial charge in [0.25, 0.3) is 5.91 Å². The zero-order valence-corrected chi connectivity index (χ0v) is 17.3. The summed E-state index contributed by atoms with van der Waals surface area (Å²) in [6.07, 6.45) is -4.49. The summed E-state index contributed by atoms with van der Waals surface area (Å²) in [5.41, 5.74) is -0.402. The summed E-state index contributed by atoms with van der Waals surface area (Å²) in [6.45, 7) is 1.66. The van der Waals surface area contributed by atoms with Crippen LogP contribution in [0.25, 0.3) is 0 Å². The van der Waals surface area contributed by atoms with Gasteiger partial charge in [0.2, 0.25) is 5.91 Å². The summed E-state index contributed by atoms with van der Waals surface area (Å²) >= 11 is 6.97. The molecular weight excluding hydrogens is 443 g/mol. The van der Waals surface area contributed by atoms with Crippen LogP contribution in [0.1, 0.15) is 12.5 Å². The average molecular weight is 460 g/mol. The van der Waals surface area contributed by atoms with Crippen molar-refractivity contribution < 1.29 is 27.5 Å². The van der Waals surface area contributed by atoms with E-state index in [-0.39, 0.29) is 35.0 Å². The number of aromatic nitrogens is 1. The number of rotatable bonds is 6. The molecule has 6 nitrogen and oxygen atoms in total. The van der Waals surface area contributed by atoms with Crippen LogP contribution in [0.4, 0.5) is 18.9 Å². The second kappa shape index (κ2) is 9.13. The third kappa shape index (κ3) is 5.17. The quantitative estimate of drug-likeness (QED) is 0.526. The van der Waals surface area contributed by atoms with E-state index in [2.05, 4.69) is 10.3 Å². The fraction of sp³-hybridized carbons (Fsp3) is 0.316. The summed E-state index contributed by atoms with van der Waals surface area (Å²) in [7, 11) is 0. The number of alkyl halides is 3. The van der Waals surface area contributed by atoms with E-state index in [1.54, 1.807) is 31.2 Å². The van der Waals surface area contributed by atoms with Crippen molar-refractivity contribution in [2.45, 2.75) is 24.2 Å². The second-order valence-corrected chi connectivity index (χ2v) is 7.85. The zero-order chi connectivity index (χ0) is 21.9. The Morgan fingerprint density at radius 3 is 2.80 bits per heavy atom. The Labute approximate surface area is 179 Å². The number of carbonyl (C=O) groups is 2. The normalized spacial score (nSPS) is 16.1. The van der Waals surface area contributed by atoms with Crippen molar-refractivity contribution in [1.29, 1.82) is 0 Å². The number of amides is 2. The Kier molecular flexibility index (Phi) is 6.77. The number of halogens is 4. The molecule has 11 heteroatoms. The number of thioether (sulfide) groups is 1. The summed E-state index contributed by atoms with van der Waals surface area (Å²) in [4.78, 5) is 29.8. The molecule has 0 bridgehead atoms. The largest absolute Gasteiger partial charge is 0.479 e. The topological polar surface area (TPSA) is 71.5 Å². The Morgan fingerprint density at radius 2 is 2.10 bits per heavy atom. The first kappa shape index (κ1) is 22.2. The van der Waals surface area contributed by atoms with Crippen molar-refractivity contribution in [3.63, 3.8) is 0 Å². The first-order valence-electron chi connectivity index (χ1n) is 8.86. The molecule has 1 aliphatic rings. The first-order valence-corrected chi connectivity index (χ1v) is 10.2. The van der Waals surface area contributed by atoms with Crippen LogP contribution in [0.3, 0.4) is 0 Å². The van der Waals surface area contributed by atoms with Gasteiger partial charge in [0.05, 0.1) is 16.3 Å². The monoisotopic (exact) mass is 459 g/mol. The highest BCUT2D eigenvalue weighted by Crippen LogP contribution is 2.34. The van der Waals surface area contributed by atoms with Crippen LogP contribution in [0.2, 0.25) is 5.02 Å². The third-order valence-corrected chi connectivity index (χ3v) is 5.58. The maximum atomic E-state index is 12.6. The van der Waals surface area contributed by atoms with E-state index >= 15 is 0 Å². The number of anilines is 1. The average Bonchev–Trinajstić information content (AvgIpc) is 2.69. The highest BCUT2D eigenvalue weighted by atomic mass is 35.5. The van der Waals surface area contributed by atoms with Gasteiger partial charge in [-0.15, -0.1) is 11.8 Å². The second-order valence-electron chi connectivity index (χ2n) is 6.36. The Balaban J connectivity index is 1.52. The molecule has 1 aromatic carbocycles. The molecule has 1 atom stereocenters. The number of pyridine rings is 1. The minimum atomic E-state index is -4.51. The molecule has 0 aliphatic carbocycles. The first-order chi connectivity index (χ1) is 14.2. The van der Waals surface area contributed by atoms with Gasteiger partial charge in [-0.1, -0.05) is 23.7 Å². The van der Waals surface area contributed by atoms with Crippen LogP contribution < -0.4 is 15.0 Å². The van der Waals surface area contributed by atoms with Gasteiger partial charge in [-0.05, 0) is 25.1 Å². The number of para-hydroxylation sites is 2. The van der Waals surface area contributed by atoms with Crippen LogP contribution in [0, 0.1) is 0 Å². The molecule has 0 radical (unpaired) electrons. The Bertz CT molecular complexity index is 958. The van der Waals surface area contributed by atoms with E-state index in [0.717, 1.165) is 24.0 Å². The number of hydrogen-bond acceptors (Lipinski definition) is 5. The van der Waals surface area contributed by atoms with Crippen LogP contribution >= 0.6 is 23.4 Å². The van der Waals surface area contributed by atoms with E-state index in [1.807, 2.05) is 0 Å². The van der Waals surface area contributed by atoms with E-state index in [1.165, 1.54) is 4.90 Å². The van der Waals surface area contributed by atoms with Crippen LogP contribution in [0.15, 0.2) is 41.6 Å². The molecule has 2 aromatic rings. The minimum Gasteiger partial charge on any atom is -0.479 e. The van der Waals surface area contributed by atoms with Gasteiger partial charge < -0.3 is 10.1 Å². The van der Waals surface area contributed by atoms with E-state index < -0.39 is 17.8 Å². The summed E-state index contributed by atoms with van der Waals surface area (Å²) < 4.78 is 43.5. The van der Waals surface area contributed by atoms with Gasteiger partial charge in [-0.2, -0.15) is 13.2 Å². The molecule has 1 aromatic heterocycles. The fourth-order valence-electron chi connectivity index (χ4n) is 2.75. The lowest BCUT2D eigenvalue weighted by Crippen LogP contribution is -2.49. The molecule has 0 unspecified atom stereocenters. The maximum absolute atomic E-state index is 12.6. The highest BCUT2D eigenvalue weighted by Gasteiger charge is 2.33. The SMILES string of the molecule is C[C@@H]1Oc2ccccc2N(CC(=O)NCCSc2ncc(C(F)(F)F)cc2Cl)C1=O. The van der Waals surface area contributed by atoms with Crippen molar-refractivity contribution in [3.8, 4) is 5.75 Å². The highest BCUT2D eigenvalue weighted by molar-refractivity contribution is 7.99. The maximum Gasteiger partial charge on any atom is 0.417 e. The summed E-state index contributed by atoms with van der Waals surface area (Å²) in [6, 6.07) is 7.75. The van der Waals surface area contributed by atoms with Crippen molar-refractivity contribution in [2.24, 2.45) is 0 Å². The molecule has 3 rings (SSSR count). The lowest BCUT2D eigenvalue weighted by molar-refractivity contribution is -0.137. The molecule has 30 heavy (non-hydrogen) atoms. The molecule has 0 fully saturated rings. The van der Waals surface area contributed by atoms with Crippen molar-refractivity contribution >= 4 is 40.9 Å². The van der Waals surface area contributed by atoms with Gasteiger partial charge in [-0.25, -0.2) is 4.98 Å². The van der Waals surface area contributed by atoms with Crippen molar-refractivity contribution in [1.82, 2.24) is 10.3 Å². The van der Waals surface area contributed by atoms with Crippen LogP contribution in [-0.2, 0) is 15.8 Å². The lowest BCUT2D eigenvalue weighted by atomic mass is 10.2. The molecule has 160 valence electrons. The number of carbonyl (C=O) groups excluding carboxylic acids is 2. The van der Waals surface area contributed by atoms with E-state index in [4.69, 9.17) is 16.3 Å². The smallest absolute Gasteiger partial charge is 0.417 e. The molecular formula is C19H17ClF3N3O3S. The zero-order valence-electron chi connectivity index (χ0n) is 15.7. The number of nitrogens with one attached hydrogen (secondary N) is 1. The minimum absolute atomic E-state index is 0.106. The molecule has 2 amide bonds. The molecule has 1 aliphatic heterocycles.